The summed E-state index contributed by atoms with van der Waals surface area (Å²) in [5.41, 5.74) is 1.61. The lowest BCUT2D eigenvalue weighted by atomic mass is 10.1. The summed E-state index contributed by atoms with van der Waals surface area (Å²) in [5.74, 6) is 0.644. The molecule has 1 aromatic carbocycles. The average Bonchev–Trinajstić information content (AvgIpc) is 2.79. The van der Waals surface area contributed by atoms with E-state index < -0.39 is 0 Å². The van der Waals surface area contributed by atoms with E-state index >= 15 is 0 Å². The lowest BCUT2D eigenvalue weighted by Gasteiger charge is -1.97. The molecule has 1 N–H and O–H groups in total. The number of aromatic nitrogens is 1. The van der Waals surface area contributed by atoms with Gasteiger partial charge in [0.1, 0.15) is 0 Å². The van der Waals surface area contributed by atoms with Crippen LogP contribution in [0.5, 0.6) is 0 Å². The molecule has 4 heteroatoms. The molecule has 0 unspecified atom stereocenters. The maximum absolute atomic E-state index is 11.4. The highest BCUT2D eigenvalue weighted by Gasteiger charge is 2.09. The lowest BCUT2D eigenvalue weighted by Crippen LogP contribution is -2.24. The van der Waals surface area contributed by atoms with E-state index in [1.54, 1.807) is 6.07 Å². The SMILES string of the molecule is CCNC(=O)Cc1cc(-c2ccccc2)on1. The number of nitrogens with one attached hydrogen (secondary N) is 1. The van der Waals surface area contributed by atoms with Gasteiger partial charge in [0.05, 0.1) is 12.1 Å². The van der Waals surface area contributed by atoms with Gasteiger partial charge in [0.2, 0.25) is 5.91 Å². The van der Waals surface area contributed by atoms with Crippen molar-refractivity contribution in [2.75, 3.05) is 6.54 Å². The van der Waals surface area contributed by atoms with Crippen LogP contribution in [0.3, 0.4) is 0 Å². The lowest BCUT2D eigenvalue weighted by molar-refractivity contribution is -0.120. The minimum Gasteiger partial charge on any atom is -0.356 e. The molecule has 4 nitrogen and oxygen atoms in total. The van der Waals surface area contributed by atoms with Crippen LogP contribution in [-0.2, 0) is 11.2 Å². The molecule has 0 radical (unpaired) electrons. The van der Waals surface area contributed by atoms with Gasteiger partial charge in [-0.05, 0) is 6.92 Å². The summed E-state index contributed by atoms with van der Waals surface area (Å²) in [6, 6.07) is 11.5. The second-order valence-corrected chi connectivity index (χ2v) is 3.68. The summed E-state index contributed by atoms with van der Waals surface area (Å²) < 4.78 is 5.20. The van der Waals surface area contributed by atoms with Gasteiger partial charge in [-0.3, -0.25) is 4.79 Å². The molecule has 17 heavy (non-hydrogen) atoms. The summed E-state index contributed by atoms with van der Waals surface area (Å²) >= 11 is 0. The number of hydrogen-bond donors (Lipinski definition) is 1. The van der Waals surface area contributed by atoms with Crippen LogP contribution in [0.1, 0.15) is 12.6 Å². The number of nitrogens with zero attached hydrogens (tertiary/aromatic N) is 1. The van der Waals surface area contributed by atoms with Crippen LogP contribution < -0.4 is 5.32 Å². The third-order valence-corrected chi connectivity index (χ3v) is 2.33. The fourth-order valence-corrected chi connectivity index (χ4v) is 1.56. The van der Waals surface area contributed by atoms with Crippen molar-refractivity contribution in [1.82, 2.24) is 10.5 Å². The van der Waals surface area contributed by atoms with Crippen LogP contribution in [0.15, 0.2) is 40.9 Å². The monoisotopic (exact) mass is 230 g/mol. The fourth-order valence-electron chi connectivity index (χ4n) is 1.56. The Morgan fingerprint density at radius 1 is 1.35 bits per heavy atom. The number of amides is 1. The molecular weight excluding hydrogens is 216 g/mol. The molecule has 0 atom stereocenters. The van der Waals surface area contributed by atoms with Gasteiger partial charge in [0, 0.05) is 18.2 Å². The number of rotatable bonds is 4. The summed E-state index contributed by atoms with van der Waals surface area (Å²) in [5, 5.41) is 6.60. The second-order valence-electron chi connectivity index (χ2n) is 3.68. The van der Waals surface area contributed by atoms with E-state index in [2.05, 4.69) is 10.5 Å². The fraction of sp³-hybridized carbons (Fsp3) is 0.231. The Hall–Kier alpha value is -2.10. The third kappa shape index (κ3) is 2.93. The van der Waals surface area contributed by atoms with Crippen molar-refractivity contribution in [3.05, 3.63) is 42.1 Å². The first-order chi connectivity index (χ1) is 8.29. The van der Waals surface area contributed by atoms with E-state index in [9.17, 15) is 4.79 Å². The topological polar surface area (TPSA) is 55.1 Å². The van der Waals surface area contributed by atoms with Gasteiger partial charge < -0.3 is 9.84 Å². The quantitative estimate of drug-likeness (QED) is 0.874. The first kappa shape index (κ1) is 11.4. The zero-order chi connectivity index (χ0) is 12.1. The van der Waals surface area contributed by atoms with Crippen molar-refractivity contribution in [2.24, 2.45) is 0 Å². The summed E-state index contributed by atoms with van der Waals surface area (Å²) in [6.45, 7) is 2.51. The van der Waals surface area contributed by atoms with Gasteiger partial charge in [-0.2, -0.15) is 0 Å². The van der Waals surface area contributed by atoms with Crippen LogP contribution in [0.25, 0.3) is 11.3 Å². The summed E-state index contributed by atoms with van der Waals surface area (Å²) in [4.78, 5) is 11.4. The Morgan fingerprint density at radius 3 is 2.82 bits per heavy atom. The molecule has 0 aliphatic heterocycles. The maximum atomic E-state index is 11.4. The minimum absolute atomic E-state index is 0.0413. The van der Waals surface area contributed by atoms with E-state index in [1.165, 1.54) is 0 Å². The maximum Gasteiger partial charge on any atom is 0.226 e. The Morgan fingerprint density at radius 2 is 2.12 bits per heavy atom. The molecular formula is C13H14N2O2. The van der Waals surface area contributed by atoms with E-state index in [-0.39, 0.29) is 12.3 Å². The van der Waals surface area contributed by atoms with Crippen LogP contribution in [0, 0.1) is 0 Å². The van der Waals surface area contributed by atoms with Crippen molar-refractivity contribution in [2.45, 2.75) is 13.3 Å². The molecule has 1 amide bonds. The normalized spacial score (nSPS) is 10.2. The van der Waals surface area contributed by atoms with Gasteiger partial charge in [-0.1, -0.05) is 35.5 Å². The molecule has 1 aromatic heterocycles. The Kier molecular flexibility index (Phi) is 3.55. The summed E-state index contributed by atoms with van der Waals surface area (Å²) in [7, 11) is 0. The van der Waals surface area contributed by atoms with Gasteiger partial charge >= 0.3 is 0 Å². The van der Waals surface area contributed by atoms with Crippen molar-refractivity contribution in [3.63, 3.8) is 0 Å². The second kappa shape index (κ2) is 5.30. The van der Waals surface area contributed by atoms with E-state index in [1.807, 2.05) is 37.3 Å². The molecule has 1 heterocycles. The highest BCUT2D eigenvalue weighted by atomic mass is 16.5. The Labute approximate surface area is 99.6 Å². The standard InChI is InChI=1S/C13H14N2O2/c1-2-14-13(16)9-11-8-12(17-15-11)10-6-4-3-5-7-10/h3-8H,2,9H2,1H3,(H,14,16). The molecule has 0 bridgehead atoms. The molecule has 88 valence electrons. The van der Waals surface area contributed by atoms with Gasteiger partial charge in [-0.15, -0.1) is 0 Å². The molecule has 0 aliphatic rings. The number of benzene rings is 1. The molecule has 0 saturated heterocycles. The highest BCUT2D eigenvalue weighted by molar-refractivity contribution is 5.78. The van der Waals surface area contributed by atoms with Crippen LogP contribution in [0.2, 0.25) is 0 Å². The van der Waals surface area contributed by atoms with Crippen molar-refractivity contribution in [3.8, 4) is 11.3 Å². The first-order valence-electron chi connectivity index (χ1n) is 5.57. The van der Waals surface area contributed by atoms with Crippen molar-refractivity contribution >= 4 is 5.91 Å². The van der Waals surface area contributed by atoms with E-state index in [4.69, 9.17) is 4.52 Å². The molecule has 0 fully saturated rings. The minimum atomic E-state index is -0.0413. The zero-order valence-electron chi connectivity index (χ0n) is 9.64. The predicted octanol–water partition coefficient (Wildman–Crippen LogP) is 2.02. The van der Waals surface area contributed by atoms with Gasteiger partial charge in [-0.25, -0.2) is 0 Å². The van der Waals surface area contributed by atoms with Crippen LogP contribution >= 0.6 is 0 Å². The highest BCUT2D eigenvalue weighted by Crippen LogP contribution is 2.19. The Balaban J connectivity index is 2.09. The molecule has 2 aromatic rings. The van der Waals surface area contributed by atoms with E-state index in [0.717, 1.165) is 5.56 Å². The molecule has 0 spiro atoms. The number of likely N-dealkylation sites (N-methyl/N-ethyl adjacent to an activating group) is 1. The van der Waals surface area contributed by atoms with Crippen LogP contribution in [0.4, 0.5) is 0 Å². The zero-order valence-corrected chi connectivity index (χ0v) is 9.64. The first-order valence-corrected chi connectivity index (χ1v) is 5.57. The number of hydrogen-bond acceptors (Lipinski definition) is 3. The van der Waals surface area contributed by atoms with Crippen LogP contribution in [-0.4, -0.2) is 17.6 Å². The average molecular weight is 230 g/mol. The smallest absolute Gasteiger partial charge is 0.226 e. The van der Waals surface area contributed by atoms with E-state index in [0.29, 0.717) is 18.0 Å². The molecule has 0 aliphatic carbocycles. The van der Waals surface area contributed by atoms with Gasteiger partial charge in [0.15, 0.2) is 5.76 Å². The molecule has 0 saturated carbocycles. The largest absolute Gasteiger partial charge is 0.356 e. The number of carbonyl (C=O) groups is 1. The van der Waals surface area contributed by atoms with Crippen molar-refractivity contribution < 1.29 is 9.32 Å². The predicted molar refractivity (Wildman–Crippen MR) is 64.3 cm³/mol. The Bertz CT molecular complexity index is 491. The van der Waals surface area contributed by atoms with Crippen molar-refractivity contribution in [1.29, 1.82) is 0 Å². The summed E-state index contributed by atoms with van der Waals surface area (Å²) in [6.07, 6.45) is 0.254. The third-order valence-electron chi connectivity index (χ3n) is 2.33. The van der Waals surface area contributed by atoms with Gasteiger partial charge in [0.25, 0.3) is 0 Å². The molecule has 2 rings (SSSR count). The number of carbonyl (C=O) groups excluding carboxylic acids is 1.